The zero-order valence-electron chi connectivity index (χ0n) is 9.12. The number of hydrogen-bond acceptors (Lipinski definition) is 2. The number of rotatable bonds is 2. The van der Waals surface area contributed by atoms with Gasteiger partial charge in [0.1, 0.15) is 0 Å². The molecule has 0 amide bonds. The quantitative estimate of drug-likeness (QED) is 0.800. The lowest BCUT2D eigenvalue weighted by Crippen LogP contribution is -1.90. The van der Waals surface area contributed by atoms with E-state index in [0.29, 0.717) is 20.8 Å². The van der Waals surface area contributed by atoms with Crippen LogP contribution in [-0.4, -0.2) is 4.98 Å². The summed E-state index contributed by atoms with van der Waals surface area (Å²) < 4.78 is 0. The van der Waals surface area contributed by atoms with Crippen molar-refractivity contribution in [1.82, 2.24) is 4.98 Å². The van der Waals surface area contributed by atoms with E-state index in [1.54, 1.807) is 24.3 Å². The van der Waals surface area contributed by atoms with Crippen LogP contribution in [0.5, 0.6) is 0 Å². The topological polar surface area (TPSA) is 36.7 Å². The average molecular weight is 298 g/mol. The fraction of sp³-hybridized carbons (Fsp3) is 0.0769. The molecule has 90 valence electrons. The molecule has 0 aliphatic rings. The van der Waals surface area contributed by atoms with Crippen molar-refractivity contribution in [3.63, 3.8) is 0 Å². The number of nitrogens with zero attached hydrogens (tertiary/aromatic N) is 2. The average Bonchev–Trinajstić information content (AvgIpc) is 2.33. The maximum absolute atomic E-state index is 8.72. The van der Waals surface area contributed by atoms with E-state index in [4.69, 9.17) is 40.1 Å². The largest absolute Gasteiger partial charge is 0.255 e. The molecular weight excluding hydrogens is 291 g/mol. The second-order valence-corrected chi connectivity index (χ2v) is 4.87. The summed E-state index contributed by atoms with van der Waals surface area (Å²) in [4.78, 5) is 4.21. The molecule has 2 nitrogen and oxygen atoms in total. The van der Waals surface area contributed by atoms with E-state index in [1.807, 2.05) is 0 Å². The third-order valence-corrected chi connectivity index (χ3v) is 3.30. The summed E-state index contributed by atoms with van der Waals surface area (Å²) in [7, 11) is 0. The lowest BCUT2D eigenvalue weighted by atomic mass is 10.1. The van der Waals surface area contributed by atoms with E-state index in [1.165, 1.54) is 6.20 Å². The molecule has 0 aliphatic heterocycles. The lowest BCUT2D eigenvalue weighted by Gasteiger charge is -2.06. The zero-order chi connectivity index (χ0) is 13.1. The molecule has 18 heavy (non-hydrogen) atoms. The standard InChI is InChI=1S/C13H7Cl3N2/c14-9-1-2-10(11(15)6-9)13-5-8(3-4-17)12(16)7-18-13/h1-2,5-7H,3H2. The Morgan fingerprint density at radius 2 is 1.89 bits per heavy atom. The van der Waals surface area contributed by atoms with Crippen LogP contribution in [0.1, 0.15) is 5.56 Å². The van der Waals surface area contributed by atoms with Crippen LogP contribution in [-0.2, 0) is 6.42 Å². The second kappa shape index (κ2) is 5.58. The van der Waals surface area contributed by atoms with Gasteiger partial charge in [-0.1, -0.05) is 34.8 Å². The summed E-state index contributed by atoms with van der Waals surface area (Å²) in [5.74, 6) is 0. The van der Waals surface area contributed by atoms with Gasteiger partial charge >= 0.3 is 0 Å². The smallest absolute Gasteiger partial charge is 0.0721 e. The van der Waals surface area contributed by atoms with E-state index in [2.05, 4.69) is 11.1 Å². The summed E-state index contributed by atoms with van der Waals surface area (Å²) in [5.41, 5.74) is 2.17. The van der Waals surface area contributed by atoms with E-state index < -0.39 is 0 Å². The van der Waals surface area contributed by atoms with Gasteiger partial charge in [0, 0.05) is 16.8 Å². The molecule has 2 rings (SSSR count). The van der Waals surface area contributed by atoms with Crippen molar-refractivity contribution >= 4 is 34.8 Å². The molecule has 0 N–H and O–H groups in total. The lowest BCUT2D eigenvalue weighted by molar-refractivity contribution is 1.21. The minimum absolute atomic E-state index is 0.236. The Morgan fingerprint density at radius 1 is 1.11 bits per heavy atom. The molecule has 0 atom stereocenters. The first-order valence-corrected chi connectivity index (χ1v) is 6.22. The molecule has 2 aromatic rings. The maximum Gasteiger partial charge on any atom is 0.0721 e. The van der Waals surface area contributed by atoms with E-state index in [-0.39, 0.29) is 6.42 Å². The molecule has 0 spiro atoms. The normalized spacial score (nSPS) is 10.1. The molecular formula is C13H7Cl3N2. The van der Waals surface area contributed by atoms with Gasteiger partial charge in [-0.2, -0.15) is 5.26 Å². The SMILES string of the molecule is N#CCc1cc(-c2ccc(Cl)cc2Cl)ncc1Cl. The van der Waals surface area contributed by atoms with Gasteiger partial charge in [-0.3, -0.25) is 4.98 Å². The maximum atomic E-state index is 8.72. The molecule has 1 aromatic carbocycles. The first kappa shape index (κ1) is 13.2. The van der Waals surface area contributed by atoms with Crippen LogP contribution >= 0.6 is 34.8 Å². The van der Waals surface area contributed by atoms with Crippen LogP contribution in [0.2, 0.25) is 15.1 Å². The Kier molecular flexibility index (Phi) is 4.08. The van der Waals surface area contributed by atoms with Crippen LogP contribution in [0, 0.1) is 11.3 Å². The molecule has 0 saturated carbocycles. The highest BCUT2D eigenvalue weighted by molar-refractivity contribution is 6.36. The molecule has 1 heterocycles. The number of pyridine rings is 1. The fourth-order valence-corrected chi connectivity index (χ4v) is 2.22. The Balaban J connectivity index is 2.51. The van der Waals surface area contributed by atoms with E-state index in [9.17, 15) is 0 Å². The highest BCUT2D eigenvalue weighted by Gasteiger charge is 2.08. The molecule has 0 radical (unpaired) electrons. The van der Waals surface area contributed by atoms with Gasteiger partial charge in [0.2, 0.25) is 0 Å². The van der Waals surface area contributed by atoms with Gasteiger partial charge in [-0.25, -0.2) is 0 Å². The minimum Gasteiger partial charge on any atom is -0.255 e. The third kappa shape index (κ3) is 2.76. The summed E-state index contributed by atoms with van der Waals surface area (Å²) in [5, 5.41) is 10.3. The Labute approximate surface area is 120 Å². The highest BCUT2D eigenvalue weighted by Crippen LogP contribution is 2.30. The van der Waals surface area contributed by atoms with E-state index in [0.717, 1.165) is 11.1 Å². The van der Waals surface area contributed by atoms with Crippen molar-refractivity contribution in [2.45, 2.75) is 6.42 Å². The number of halogens is 3. The molecule has 0 unspecified atom stereocenters. The molecule has 0 fully saturated rings. The second-order valence-electron chi connectivity index (χ2n) is 3.62. The van der Waals surface area contributed by atoms with Crippen LogP contribution in [0.25, 0.3) is 11.3 Å². The Hall–Kier alpha value is -1.27. The van der Waals surface area contributed by atoms with Crippen molar-refractivity contribution < 1.29 is 0 Å². The number of nitriles is 1. The predicted molar refractivity (Wildman–Crippen MR) is 74.0 cm³/mol. The van der Waals surface area contributed by atoms with Crippen molar-refractivity contribution in [2.75, 3.05) is 0 Å². The van der Waals surface area contributed by atoms with Crippen molar-refractivity contribution in [2.24, 2.45) is 0 Å². The van der Waals surface area contributed by atoms with Crippen molar-refractivity contribution in [3.05, 3.63) is 51.1 Å². The van der Waals surface area contributed by atoms with Crippen LogP contribution < -0.4 is 0 Å². The Bertz CT molecular complexity index is 633. The number of hydrogen-bond donors (Lipinski definition) is 0. The van der Waals surface area contributed by atoms with Gasteiger partial charge in [0.05, 0.1) is 28.2 Å². The molecule has 0 bridgehead atoms. The summed E-state index contributed by atoms with van der Waals surface area (Å²) >= 11 is 17.9. The molecule has 0 aliphatic carbocycles. The van der Waals surface area contributed by atoms with Gasteiger partial charge in [-0.05, 0) is 29.8 Å². The summed E-state index contributed by atoms with van der Waals surface area (Å²) in [6.07, 6.45) is 1.76. The monoisotopic (exact) mass is 296 g/mol. The fourth-order valence-electron chi connectivity index (χ4n) is 1.55. The van der Waals surface area contributed by atoms with Crippen LogP contribution in [0.3, 0.4) is 0 Å². The van der Waals surface area contributed by atoms with Crippen LogP contribution in [0.15, 0.2) is 30.5 Å². The molecule has 1 aromatic heterocycles. The third-order valence-electron chi connectivity index (χ3n) is 2.41. The predicted octanol–water partition coefficient (Wildman–Crippen LogP) is 4.77. The number of benzene rings is 1. The van der Waals surface area contributed by atoms with Gasteiger partial charge in [-0.15, -0.1) is 0 Å². The van der Waals surface area contributed by atoms with Gasteiger partial charge in [0.15, 0.2) is 0 Å². The van der Waals surface area contributed by atoms with E-state index >= 15 is 0 Å². The van der Waals surface area contributed by atoms with Crippen molar-refractivity contribution in [1.29, 1.82) is 5.26 Å². The first-order valence-electron chi connectivity index (χ1n) is 5.08. The number of aromatic nitrogens is 1. The zero-order valence-corrected chi connectivity index (χ0v) is 11.4. The first-order chi connectivity index (χ1) is 8.61. The summed E-state index contributed by atoms with van der Waals surface area (Å²) in [6.45, 7) is 0. The molecule has 0 saturated heterocycles. The summed E-state index contributed by atoms with van der Waals surface area (Å²) in [6, 6.07) is 9.00. The van der Waals surface area contributed by atoms with Gasteiger partial charge in [0.25, 0.3) is 0 Å². The van der Waals surface area contributed by atoms with Crippen LogP contribution in [0.4, 0.5) is 0 Å². The van der Waals surface area contributed by atoms with Crippen molar-refractivity contribution in [3.8, 4) is 17.3 Å². The molecule has 5 heteroatoms. The highest BCUT2D eigenvalue weighted by atomic mass is 35.5. The minimum atomic E-state index is 0.236. The van der Waals surface area contributed by atoms with Gasteiger partial charge < -0.3 is 0 Å². The Morgan fingerprint density at radius 3 is 2.56 bits per heavy atom.